The molecule has 0 amide bonds. The summed E-state index contributed by atoms with van der Waals surface area (Å²) in [6, 6.07) is 10.4. The number of aryl methyl sites for hydroxylation is 1. The summed E-state index contributed by atoms with van der Waals surface area (Å²) in [6.45, 7) is 3.50. The monoisotopic (exact) mass is 447 g/mol. The van der Waals surface area contributed by atoms with Crippen LogP contribution in [0.15, 0.2) is 36.5 Å². The van der Waals surface area contributed by atoms with Crippen LogP contribution in [0.3, 0.4) is 0 Å². The number of fused-ring (bicyclic) bond motifs is 1. The standard InChI is InChI=1S/C21H26ClN5O2S/c1-25-19-5-3-2-4-18(19)24-21(25)16-12-20(23-13-17(16)22)27-9-7-26(8-10-27)15-6-11-30(28,29)14-15/h2-5,12-13,15,28-29H,6-11,14H2,1H3. The summed E-state index contributed by atoms with van der Waals surface area (Å²) >= 11 is 6.52. The molecule has 2 aliphatic heterocycles. The van der Waals surface area contributed by atoms with E-state index in [1.807, 2.05) is 31.3 Å². The maximum absolute atomic E-state index is 9.94. The van der Waals surface area contributed by atoms with Crippen LogP contribution in [0.5, 0.6) is 0 Å². The van der Waals surface area contributed by atoms with Gasteiger partial charge in [0.1, 0.15) is 11.6 Å². The predicted octanol–water partition coefficient (Wildman–Crippen LogP) is 3.93. The van der Waals surface area contributed by atoms with Crippen molar-refractivity contribution < 1.29 is 9.11 Å². The second-order valence-electron chi connectivity index (χ2n) is 8.14. The van der Waals surface area contributed by atoms with Crippen LogP contribution in [0, 0.1) is 0 Å². The van der Waals surface area contributed by atoms with E-state index in [4.69, 9.17) is 16.6 Å². The van der Waals surface area contributed by atoms with Crippen LogP contribution in [0.4, 0.5) is 5.82 Å². The number of benzene rings is 1. The molecule has 9 heteroatoms. The minimum absolute atomic E-state index is 0.283. The lowest BCUT2D eigenvalue weighted by atomic mass is 10.2. The van der Waals surface area contributed by atoms with Gasteiger partial charge in [0.15, 0.2) is 0 Å². The van der Waals surface area contributed by atoms with E-state index in [0.29, 0.717) is 16.5 Å². The number of hydrogen-bond acceptors (Lipinski definition) is 6. The number of rotatable bonds is 3. The number of imidazole rings is 1. The first-order chi connectivity index (χ1) is 14.4. The fraction of sp³-hybridized carbons (Fsp3) is 0.429. The highest BCUT2D eigenvalue weighted by Gasteiger charge is 2.34. The Labute approximate surface area is 182 Å². The van der Waals surface area contributed by atoms with Crippen molar-refractivity contribution in [2.45, 2.75) is 12.5 Å². The van der Waals surface area contributed by atoms with Crippen molar-refractivity contribution >= 4 is 39.0 Å². The Kier molecular flexibility index (Phi) is 5.15. The summed E-state index contributed by atoms with van der Waals surface area (Å²) in [5, 5.41) is 0.590. The molecule has 2 aliphatic rings. The van der Waals surface area contributed by atoms with E-state index >= 15 is 0 Å². The molecular formula is C21H26ClN5O2S. The Bertz CT molecular complexity index is 1080. The Hall–Kier alpha value is -1.84. The molecule has 2 fully saturated rings. The molecule has 2 N–H and O–H groups in total. The number of aromatic nitrogens is 3. The first kappa shape index (κ1) is 20.1. The lowest BCUT2D eigenvalue weighted by molar-refractivity contribution is 0.200. The number of pyridine rings is 1. The summed E-state index contributed by atoms with van der Waals surface area (Å²) in [7, 11) is -0.353. The van der Waals surface area contributed by atoms with Crippen molar-refractivity contribution in [3.63, 3.8) is 0 Å². The van der Waals surface area contributed by atoms with Crippen LogP contribution in [-0.4, -0.2) is 72.3 Å². The lowest BCUT2D eigenvalue weighted by Crippen LogP contribution is -2.50. The first-order valence-corrected chi connectivity index (χ1v) is 12.5. The minimum Gasteiger partial charge on any atom is -0.354 e. The van der Waals surface area contributed by atoms with Gasteiger partial charge in [-0.3, -0.25) is 14.0 Å². The third kappa shape index (κ3) is 3.67. The van der Waals surface area contributed by atoms with Gasteiger partial charge < -0.3 is 9.47 Å². The summed E-state index contributed by atoms with van der Waals surface area (Å²) < 4.78 is 21.9. The summed E-state index contributed by atoms with van der Waals surface area (Å²) in [5.41, 5.74) is 2.89. The third-order valence-corrected chi connectivity index (χ3v) is 8.37. The van der Waals surface area contributed by atoms with Gasteiger partial charge in [-0.1, -0.05) is 23.7 Å². The second-order valence-corrected chi connectivity index (χ2v) is 10.9. The minimum atomic E-state index is -2.36. The van der Waals surface area contributed by atoms with Gasteiger partial charge in [0.25, 0.3) is 0 Å². The molecule has 5 rings (SSSR count). The molecule has 30 heavy (non-hydrogen) atoms. The Morgan fingerprint density at radius 1 is 1.13 bits per heavy atom. The molecule has 1 aromatic carbocycles. The zero-order chi connectivity index (χ0) is 20.9. The molecule has 2 saturated heterocycles. The number of hydrogen-bond donors (Lipinski definition) is 2. The highest BCUT2D eigenvalue weighted by molar-refractivity contribution is 8.24. The molecule has 2 aromatic heterocycles. The zero-order valence-electron chi connectivity index (χ0n) is 16.9. The van der Waals surface area contributed by atoms with Gasteiger partial charge in [0, 0.05) is 56.8 Å². The first-order valence-electron chi connectivity index (χ1n) is 10.2. The SMILES string of the molecule is Cn1c(-c2cc(N3CCN(C4CCS(O)(O)C4)CC3)ncc2Cl)nc2ccccc21. The Morgan fingerprint density at radius 3 is 2.60 bits per heavy atom. The quantitative estimate of drug-likeness (QED) is 0.633. The van der Waals surface area contributed by atoms with Crippen LogP contribution in [0.1, 0.15) is 6.42 Å². The average Bonchev–Trinajstić information content (AvgIpc) is 3.28. The van der Waals surface area contributed by atoms with E-state index in [-0.39, 0.29) is 6.04 Å². The number of para-hydroxylation sites is 2. The average molecular weight is 448 g/mol. The summed E-state index contributed by atoms with van der Waals surface area (Å²) in [4.78, 5) is 14.0. The topological polar surface area (TPSA) is 77.7 Å². The molecule has 3 aromatic rings. The van der Waals surface area contributed by atoms with Crippen molar-refractivity contribution in [2.24, 2.45) is 7.05 Å². The van der Waals surface area contributed by atoms with E-state index in [1.165, 1.54) is 0 Å². The van der Waals surface area contributed by atoms with Crippen molar-refractivity contribution in [1.82, 2.24) is 19.4 Å². The van der Waals surface area contributed by atoms with Crippen molar-refractivity contribution in [3.05, 3.63) is 41.6 Å². The highest BCUT2D eigenvalue weighted by atomic mass is 35.5. The summed E-state index contributed by atoms with van der Waals surface area (Å²) in [6.07, 6.45) is 2.59. The van der Waals surface area contributed by atoms with Crippen molar-refractivity contribution in [2.75, 3.05) is 42.6 Å². The maximum atomic E-state index is 9.94. The molecule has 0 aliphatic carbocycles. The van der Waals surface area contributed by atoms with Gasteiger partial charge in [-0.15, -0.1) is 0 Å². The van der Waals surface area contributed by atoms with E-state index in [0.717, 1.165) is 60.8 Å². The van der Waals surface area contributed by atoms with Gasteiger partial charge in [-0.2, -0.15) is 10.6 Å². The van der Waals surface area contributed by atoms with Crippen LogP contribution in [0.25, 0.3) is 22.4 Å². The maximum Gasteiger partial charge on any atom is 0.142 e. The van der Waals surface area contributed by atoms with E-state index in [1.54, 1.807) is 6.20 Å². The van der Waals surface area contributed by atoms with Gasteiger partial charge >= 0.3 is 0 Å². The smallest absolute Gasteiger partial charge is 0.142 e. The molecule has 7 nitrogen and oxygen atoms in total. The number of halogens is 1. The third-order valence-electron chi connectivity index (χ3n) is 6.26. The lowest BCUT2D eigenvalue weighted by Gasteiger charge is -2.39. The number of anilines is 1. The molecule has 0 saturated carbocycles. The molecule has 4 heterocycles. The molecule has 160 valence electrons. The van der Waals surface area contributed by atoms with Gasteiger partial charge in [-0.25, -0.2) is 9.97 Å². The largest absolute Gasteiger partial charge is 0.354 e. The van der Waals surface area contributed by atoms with Gasteiger partial charge in [0.05, 0.1) is 21.8 Å². The number of nitrogens with zero attached hydrogens (tertiary/aromatic N) is 5. The molecule has 1 atom stereocenters. The van der Waals surface area contributed by atoms with Crippen molar-refractivity contribution in [3.8, 4) is 11.4 Å². The molecule has 0 radical (unpaired) electrons. The van der Waals surface area contributed by atoms with Crippen LogP contribution in [-0.2, 0) is 7.05 Å². The van der Waals surface area contributed by atoms with Crippen molar-refractivity contribution in [1.29, 1.82) is 0 Å². The Morgan fingerprint density at radius 2 is 1.90 bits per heavy atom. The normalized spacial score (nSPS) is 23.2. The molecule has 1 unspecified atom stereocenters. The number of piperazine rings is 1. The zero-order valence-corrected chi connectivity index (χ0v) is 18.5. The van der Waals surface area contributed by atoms with Crippen LogP contribution in [0.2, 0.25) is 5.02 Å². The van der Waals surface area contributed by atoms with E-state index in [9.17, 15) is 9.11 Å². The van der Waals surface area contributed by atoms with Gasteiger partial charge in [0.2, 0.25) is 0 Å². The molecule has 0 bridgehead atoms. The predicted molar refractivity (Wildman–Crippen MR) is 124 cm³/mol. The van der Waals surface area contributed by atoms with E-state index < -0.39 is 10.6 Å². The Balaban J connectivity index is 1.36. The second kappa shape index (κ2) is 7.69. The summed E-state index contributed by atoms with van der Waals surface area (Å²) in [5.74, 6) is 2.79. The van der Waals surface area contributed by atoms with E-state index in [2.05, 4.69) is 25.4 Å². The fourth-order valence-electron chi connectivity index (χ4n) is 4.56. The van der Waals surface area contributed by atoms with Crippen LogP contribution < -0.4 is 4.90 Å². The molecule has 0 spiro atoms. The van der Waals surface area contributed by atoms with Crippen LogP contribution >= 0.6 is 22.2 Å². The highest BCUT2D eigenvalue weighted by Crippen LogP contribution is 2.47. The fourth-order valence-corrected chi connectivity index (χ4v) is 6.56. The van der Waals surface area contributed by atoms with Gasteiger partial charge in [-0.05, 0) is 24.6 Å². The molecular weight excluding hydrogens is 422 g/mol.